The maximum absolute atomic E-state index is 13.0. The molecule has 1 aromatic rings. The number of hydrogen-bond acceptors (Lipinski definition) is 2. The Balaban J connectivity index is 2.47. The lowest BCUT2D eigenvalue weighted by atomic mass is 9.87. The molecule has 0 spiro atoms. The Morgan fingerprint density at radius 2 is 1.95 bits per heavy atom. The number of nitrogens with one attached hydrogen (secondary N) is 1. The summed E-state index contributed by atoms with van der Waals surface area (Å²) in [7, 11) is 0. The number of aliphatic carboxylic acids is 1. The minimum atomic E-state index is -1.00. The summed E-state index contributed by atoms with van der Waals surface area (Å²) >= 11 is 0. The van der Waals surface area contributed by atoms with Gasteiger partial charge in [0.15, 0.2) is 11.6 Å². The van der Waals surface area contributed by atoms with E-state index in [0.29, 0.717) is 12.0 Å². The summed E-state index contributed by atoms with van der Waals surface area (Å²) in [4.78, 5) is 22.8. The van der Waals surface area contributed by atoms with Gasteiger partial charge in [0.2, 0.25) is 5.91 Å². The van der Waals surface area contributed by atoms with Crippen molar-refractivity contribution in [2.45, 2.75) is 33.1 Å². The van der Waals surface area contributed by atoms with E-state index in [0.717, 1.165) is 12.1 Å². The number of amides is 1. The van der Waals surface area contributed by atoms with Crippen molar-refractivity contribution in [1.82, 2.24) is 5.32 Å². The molecule has 0 aromatic heterocycles. The summed E-state index contributed by atoms with van der Waals surface area (Å²) in [5.41, 5.74) is -0.488. The number of rotatable bonds is 7. The van der Waals surface area contributed by atoms with Crippen molar-refractivity contribution in [3.8, 4) is 0 Å². The number of hydrogen-bond donors (Lipinski definition) is 2. The van der Waals surface area contributed by atoms with Crippen molar-refractivity contribution in [2.75, 3.05) is 6.54 Å². The zero-order valence-electron chi connectivity index (χ0n) is 12.1. The highest BCUT2D eigenvalue weighted by Gasteiger charge is 2.31. The zero-order chi connectivity index (χ0) is 16.0. The van der Waals surface area contributed by atoms with Gasteiger partial charge in [0, 0.05) is 13.0 Å². The summed E-state index contributed by atoms with van der Waals surface area (Å²) in [5.74, 6) is -3.16. The summed E-state index contributed by atoms with van der Waals surface area (Å²) < 4.78 is 25.8. The molecule has 1 aromatic carbocycles. The first-order chi connectivity index (χ1) is 9.78. The second-order valence-electron chi connectivity index (χ2n) is 5.24. The maximum atomic E-state index is 13.0. The van der Waals surface area contributed by atoms with Crippen molar-refractivity contribution < 1.29 is 23.5 Å². The van der Waals surface area contributed by atoms with E-state index in [4.69, 9.17) is 5.11 Å². The van der Waals surface area contributed by atoms with Gasteiger partial charge in [-0.15, -0.1) is 0 Å². The van der Waals surface area contributed by atoms with Gasteiger partial charge in [-0.2, -0.15) is 0 Å². The van der Waals surface area contributed by atoms with Gasteiger partial charge in [0.1, 0.15) is 0 Å². The highest BCUT2D eigenvalue weighted by atomic mass is 19.2. The average molecular weight is 299 g/mol. The van der Waals surface area contributed by atoms with Gasteiger partial charge < -0.3 is 10.4 Å². The molecule has 1 atom stereocenters. The molecule has 0 saturated heterocycles. The fraction of sp³-hybridized carbons (Fsp3) is 0.467. The molecule has 0 bridgehead atoms. The van der Waals surface area contributed by atoms with E-state index in [1.807, 2.05) is 0 Å². The van der Waals surface area contributed by atoms with Crippen LogP contribution in [0.2, 0.25) is 0 Å². The normalized spacial score (nSPS) is 13.5. The van der Waals surface area contributed by atoms with Crippen LogP contribution < -0.4 is 5.32 Å². The quantitative estimate of drug-likeness (QED) is 0.813. The Hall–Kier alpha value is -1.98. The predicted octanol–water partition coefficient (Wildman–Crippen LogP) is 2.51. The van der Waals surface area contributed by atoms with Crippen molar-refractivity contribution in [3.63, 3.8) is 0 Å². The summed E-state index contributed by atoms with van der Waals surface area (Å²) in [6.07, 6.45) is 0.745. The number of aryl methyl sites for hydroxylation is 1. The van der Waals surface area contributed by atoms with Crippen LogP contribution in [-0.4, -0.2) is 23.5 Å². The SMILES string of the molecule is CCC(C)(CNC(=O)CCc1ccc(F)c(F)c1)C(=O)O. The number of halogens is 2. The van der Waals surface area contributed by atoms with E-state index in [1.165, 1.54) is 6.07 Å². The molecule has 1 rings (SSSR count). The highest BCUT2D eigenvalue weighted by molar-refractivity contribution is 5.79. The maximum Gasteiger partial charge on any atom is 0.311 e. The first kappa shape index (κ1) is 17.1. The summed E-state index contributed by atoms with van der Waals surface area (Å²) in [5, 5.41) is 11.6. The molecule has 0 aliphatic heterocycles. The molecule has 21 heavy (non-hydrogen) atoms. The van der Waals surface area contributed by atoms with Crippen LogP contribution in [0.15, 0.2) is 18.2 Å². The average Bonchev–Trinajstić information content (AvgIpc) is 2.45. The fourth-order valence-electron chi connectivity index (χ4n) is 1.69. The third-order valence-electron chi connectivity index (χ3n) is 3.60. The lowest BCUT2D eigenvalue weighted by Crippen LogP contribution is -2.40. The third kappa shape index (κ3) is 4.81. The van der Waals surface area contributed by atoms with Gasteiger partial charge in [0.25, 0.3) is 0 Å². The Labute approximate surface area is 122 Å². The summed E-state index contributed by atoms with van der Waals surface area (Å²) in [6.45, 7) is 3.34. The minimum Gasteiger partial charge on any atom is -0.481 e. The molecule has 1 unspecified atom stereocenters. The minimum absolute atomic E-state index is 0.0371. The van der Waals surface area contributed by atoms with Gasteiger partial charge in [-0.25, -0.2) is 8.78 Å². The van der Waals surface area contributed by atoms with E-state index in [1.54, 1.807) is 13.8 Å². The molecule has 0 radical (unpaired) electrons. The lowest BCUT2D eigenvalue weighted by molar-refractivity contribution is -0.148. The van der Waals surface area contributed by atoms with E-state index < -0.39 is 23.0 Å². The number of carbonyl (C=O) groups is 2. The third-order valence-corrected chi connectivity index (χ3v) is 3.60. The summed E-state index contributed by atoms with van der Waals surface area (Å²) in [6, 6.07) is 3.48. The Bertz CT molecular complexity index is 534. The smallest absolute Gasteiger partial charge is 0.311 e. The first-order valence-corrected chi connectivity index (χ1v) is 6.72. The largest absolute Gasteiger partial charge is 0.481 e. The number of carboxylic acids is 1. The van der Waals surface area contributed by atoms with E-state index in [2.05, 4.69) is 5.32 Å². The molecule has 0 aliphatic rings. The molecule has 0 heterocycles. The van der Waals surface area contributed by atoms with Crippen LogP contribution in [0.5, 0.6) is 0 Å². The van der Waals surface area contributed by atoms with Crippen LogP contribution in [0.3, 0.4) is 0 Å². The van der Waals surface area contributed by atoms with Crippen LogP contribution in [0.25, 0.3) is 0 Å². The Kier molecular flexibility index (Phi) is 5.81. The van der Waals surface area contributed by atoms with Crippen LogP contribution in [-0.2, 0) is 16.0 Å². The molecule has 1 amide bonds. The fourth-order valence-corrected chi connectivity index (χ4v) is 1.69. The number of carbonyl (C=O) groups excluding carboxylic acids is 1. The number of benzene rings is 1. The highest BCUT2D eigenvalue weighted by Crippen LogP contribution is 2.20. The second kappa shape index (κ2) is 7.15. The Morgan fingerprint density at radius 3 is 2.48 bits per heavy atom. The van der Waals surface area contributed by atoms with E-state index in [-0.39, 0.29) is 25.3 Å². The van der Waals surface area contributed by atoms with E-state index in [9.17, 15) is 18.4 Å². The van der Waals surface area contributed by atoms with Crippen molar-refractivity contribution >= 4 is 11.9 Å². The molecule has 0 aliphatic carbocycles. The first-order valence-electron chi connectivity index (χ1n) is 6.72. The molecule has 4 nitrogen and oxygen atoms in total. The van der Waals surface area contributed by atoms with Gasteiger partial charge in [-0.3, -0.25) is 9.59 Å². The van der Waals surface area contributed by atoms with Crippen molar-refractivity contribution in [1.29, 1.82) is 0 Å². The van der Waals surface area contributed by atoms with Crippen LogP contribution in [0.1, 0.15) is 32.3 Å². The monoisotopic (exact) mass is 299 g/mol. The van der Waals surface area contributed by atoms with Crippen molar-refractivity contribution in [2.24, 2.45) is 5.41 Å². The van der Waals surface area contributed by atoms with E-state index >= 15 is 0 Å². The Morgan fingerprint density at radius 1 is 1.29 bits per heavy atom. The van der Waals surface area contributed by atoms with Crippen molar-refractivity contribution in [3.05, 3.63) is 35.4 Å². The second-order valence-corrected chi connectivity index (χ2v) is 5.24. The molecular formula is C15H19F2NO3. The van der Waals surface area contributed by atoms with Gasteiger partial charge in [0.05, 0.1) is 5.41 Å². The standard InChI is InChI=1S/C15H19F2NO3/c1-3-15(2,14(20)21)9-18-13(19)7-5-10-4-6-11(16)12(17)8-10/h4,6,8H,3,5,7,9H2,1-2H3,(H,18,19)(H,20,21). The molecule has 2 N–H and O–H groups in total. The molecule has 6 heteroatoms. The lowest BCUT2D eigenvalue weighted by Gasteiger charge is -2.23. The number of carboxylic acid groups (broad SMARTS) is 1. The van der Waals surface area contributed by atoms with Gasteiger partial charge in [-0.1, -0.05) is 13.0 Å². The molecular weight excluding hydrogens is 280 g/mol. The molecule has 116 valence electrons. The van der Waals surface area contributed by atoms with Gasteiger partial charge in [-0.05, 0) is 37.5 Å². The van der Waals surface area contributed by atoms with Crippen LogP contribution in [0, 0.1) is 17.0 Å². The topological polar surface area (TPSA) is 66.4 Å². The zero-order valence-corrected chi connectivity index (χ0v) is 12.1. The van der Waals surface area contributed by atoms with Gasteiger partial charge >= 0.3 is 5.97 Å². The predicted molar refractivity (Wildman–Crippen MR) is 73.7 cm³/mol. The van der Waals surface area contributed by atoms with Crippen LogP contribution >= 0.6 is 0 Å². The van der Waals surface area contributed by atoms with Crippen LogP contribution in [0.4, 0.5) is 8.78 Å². The molecule has 0 fully saturated rings. The molecule has 0 saturated carbocycles.